The summed E-state index contributed by atoms with van der Waals surface area (Å²) in [7, 11) is 0. The smallest absolute Gasteiger partial charge is 0.317 e. The predicted molar refractivity (Wildman–Crippen MR) is 54.5 cm³/mol. The summed E-state index contributed by atoms with van der Waals surface area (Å²) in [6.07, 6.45) is 7.66. The zero-order valence-corrected chi connectivity index (χ0v) is 8.54. The fraction of sp³-hybridized carbons (Fsp3) is 0.600. The number of carboxylic acids is 1. The highest BCUT2D eigenvalue weighted by molar-refractivity contribution is 5.69. The number of rotatable bonds is 6. The first kappa shape index (κ1) is 10.2. The molecule has 0 aliphatic heterocycles. The maximum absolute atomic E-state index is 10.6. The van der Waals surface area contributed by atoms with Crippen LogP contribution in [0.3, 0.4) is 0 Å². The maximum Gasteiger partial charge on any atom is 0.317 e. The van der Waals surface area contributed by atoms with Crippen molar-refractivity contribution in [2.75, 3.05) is 13.1 Å². The second kappa shape index (κ2) is 4.44. The molecule has 15 heavy (non-hydrogen) atoms. The van der Waals surface area contributed by atoms with Crippen LogP contribution in [-0.4, -0.2) is 44.7 Å². The molecule has 0 radical (unpaired) electrons. The number of hydrogen-bond acceptors (Lipinski definition) is 3. The van der Waals surface area contributed by atoms with Crippen LogP contribution in [0, 0.1) is 0 Å². The monoisotopic (exact) mass is 209 g/mol. The van der Waals surface area contributed by atoms with E-state index in [2.05, 4.69) is 4.98 Å². The summed E-state index contributed by atoms with van der Waals surface area (Å²) in [5.74, 6) is -0.743. The van der Waals surface area contributed by atoms with Crippen molar-refractivity contribution < 1.29 is 9.90 Å². The van der Waals surface area contributed by atoms with Crippen LogP contribution < -0.4 is 0 Å². The molecule has 0 saturated heterocycles. The molecule has 0 bridgehead atoms. The number of imidazole rings is 1. The summed E-state index contributed by atoms with van der Waals surface area (Å²) in [6.45, 7) is 1.75. The van der Waals surface area contributed by atoms with Gasteiger partial charge in [-0.05, 0) is 12.8 Å². The maximum atomic E-state index is 10.6. The Kier molecular flexibility index (Phi) is 3.01. The van der Waals surface area contributed by atoms with Crippen LogP contribution in [0.15, 0.2) is 18.7 Å². The largest absolute Gasteiger partial charge is 0.480 e. The molecule has 0 aromatic carbocycles. The quantitative estimate of drug-likeness (QED) is 0.738. The highest BCUT2D eigenvalue weighted by Crippen LogP contribution is 2.26. The first-order valence-electron chi connectivity index (χ1n) is 5.17. The van der Waals surface area contributed by atoms with E-state index in [0.717, 1.165) is 25.9 Å². The zero-order valence-electron chi connectivity index (χ0n) is 8.54. The lowest BCUT2D eigenvalue weighted by molar-refractivity contribution is -0.138. The van der Waals surface area contributed by atoms with E-state index in [1.54, 1.807) is 12.5 Å². The Labute approximate surface area is 88.3 Å². The van der Waals surface area contributed by atoms with Crippen molar-refractivity contribution in [3.8, 4) is 0 Å². The molecule has 0 amide bonds. The molecular weight excluding hydrogens is 194 g/mol. The molecule has 1 fully saturated rings. The topological polar surface area (TPSA) is 58.4 Å². The Morgan fingerprint density at radius 1 is 1.60 bits per heavy atom. The van der Waals surface area contributed by atoms with Crippen molar-refractivity contribution in [1.29, 1.82) is 0 Å². The van der Waals surface area contributed by atoms with E-state index in [1.807, 2.05) is 15.7 Å². The summed E-state index contributed by atoms with van der Waals surface area (Å²) >= 11 is 0. The molecule has 0 spiro atoms. The van der Waals surface area contributed by atoms with Gasteiger partial charge >= 0.3 is 5.97 Å². The molecule has 1 N–H and O–H groups in total. The second-order valence-corrected chi connectivity index (χ2v) is 3.90. The Hall–Kier alpha value is -1.36. The number of nitrogens with zero attached hydrogens (tertiary/aromatic N) is 3. The third kappa shape index (κ3) is 3.06. The van der Waals surface area contributed by atoms with Crippen molar-refractivity contribution in [1.82, 2.24) is 14.5 Å². The lowest BCUT2D eigenvalue weighted by atomic mass is 10.4. The van der Waals surface area contributed by atoms with Gasteiger partial charge in [-0.1, -0.05) is 0 Å². The minimum atomic E-state index is -0.743. The molecule has 82 valence electrons. The molecule has 1 aliphatic carbocycles. The van der Waals surface area contributed by atoms with Crippen molar-refractivity contribution in [3.05, 3.63) is 18.7 Å². The van der Waals surface area contributed by atoms with E-state index < -0.39 is 5.97 Å². The fourth-order valence-corrected chi connectivity index (χ4v) is 1.67. The van der Waals surface area contributed by atoms with E-state index >= 15 is 0 Å². The lowest BCUT2D eigenvalue weighted by Gasteiger charge is -2.19. The molecule has 1 aliphatic rings. The molecule has 0 unspecified atom stereocenters. The van der Waals surface area contributed by atoms with Gasteiger partial charge in [-0.25, -0.2) is 4.98 Å². The number of carboxylic acid groups (broad SMARTS) is 1. The molecule has 1 aromatic heterocycles. The van der Waals surface area contributed by atoms with Crippen LogP contribution in [-0.2, 0) is 11.3 Å². The lowest BCUT2D eigenvalue weighted by Crippen LogP contribution is -2.34. The summed E-state index contributed by atoms with van der Waals surface area (Å²) in [5, 5.41) is 8.76. The van der Waals surface area contributed by atoms with Crippen molar-refractivity contribution in [3.63, 3.8) is 0 Å². The van der Waals surface area contributed by atoms with Gasteiger partial charge in [-0.3, -0.25) is 9.69 Å². The Morgan fingerprint density at radius 3 is 2.93 bits per heavy atom. The van der Waals surface area contributed by atoms with Gasteiger partial charge in [-0.2, -0.15) is 0 Å². The summed E-state index contributed by atoms with van der Waals surface area (Å²) in [6, 6.07) is 0.490. The van der Waals surface area contributed by atoms with Gasteiger partial charge in [0, 0.05) is 31.5 Å². The number of aromatic nitrogens is 2. The van der Waals surface area contributed by atoms with Crippen LogP contribution in [0.2, 0.25) is 0 Å². The van der Waals surface area contributed by atoms with Crippen molar-refractivity contribution in [2.24, 2.45) is 0 Å². The van der Waals surface area contributed by atoms with E-state index in [-0.39, 0.29) is 6.54 Å². The second-order valence-electron chi connectivity index (χ2n) is 3.90. The van der Waals surface area contributed by atoms with E-state index in [0.29, 0.717) is 6.04 Å². The molecule has 5 nitrogen and oxygen atoms in total. The summed E-state index contributed by atoms with van der Waals surface area (Å²) in [4.78, 5) is 16.6. The number of carbonyl (C=O) groups is 1. The number of aliphatic carboxylic acids is 1. The van der Waals surface area contributed by atoms with Gasteiger partial charge in [-0.15, -0.1) is 0 Å². The first-order chi connectivity index (χ1) is 7.25. The minimum Gasteiger partial charge on any atom is -0.480 e. The standard InChI is InChI=1S/C10H15N3O2/c14-10(15)7-13(9-1-2-9)6-5-12-4-3-11-8-12/h3-4,8-9H,1-2,5-7H2,(H,14,15). The highest BCUT2D eigenvalue weighted by atomic mass is 16.4. The van der Waals surface area contributed by atoms with Crippen LogP contribution in [0.4, 0.5) is 0 Å². The third-order valence-electron chi connectivity index (χ3n) is 2.61. The molecule has 5 heteroatoms. The average Bonchev–Trinajstić information content (AvgIpc) is 2.90. The molecule has 1 saturated carbocycles. The Morgan fingerprint density at radius 2 is 2.40 bits per heavy atom. The Balaban J connectivity index is 1.81. The van der Waals surface area contributed by atoms with Gasteiger partial charge < -0.3 is 9.67 Å². The fourth-order valence-electron chi connectivity index (χ4n) is 1.67. The van der Waals surface area contributed by atoms with Crippen molar-refractivity contribution >= 4 is 5.97 Å². The number of hydrogen-bond donors (Lipinski definition) is 1. The molecule has 2 rings (SSSR count). The van der Waals surface area contributed by atoms with Crippen LogP contribution in [0.5, 0.6) is 0 Å². The van der Waals surface area contributed by atoms with Gasteiger partial charge in [0.25, 0.3) is 0 Å². The average molecular weight is 209 g/mol. The Bertz CT molecular complexity index is 319. The third-order valence-corrected chi connectivity index (χ3v) is 2.61. The molecule has 1 heterocycles. The van der Waals surface area contributed by atoms with E-state index in [1.165, 1.54) is 0 Å². The van der Waals surface area contributed by atoms with E-state index in [4.69, 9.17) is 5.11 Å². The minimum absolute atomic E-state index is 0.152. The summed E-state index contributed by atoms with van der Waals surface area (Å²) < 4.78 is 1.97. The summed E-state index contributed by atoms with van der Waals surface area (Å²) in [5.41, 5.74) is 0. The van der Waals surface area contributed by atoms with Gasteiger partial charge in [0.05, 0.1) is 12.9 Å². The predicted octanol–water partition coefficient (Wildman–Crippen LogP) is 0.432. The van der Waals surface area contributed by atoms with Crippen LogP contribution >= 0.6 is 0 Å². The van der Waals surface area contributed by atoms with Crippen molar-refractivity contribution in [2.45, 2.75) is 25.4 Å². The highest BCUT2D eigenvalue weighted by Gasteiger charge is 2.29. The molecular formula is C10H15N3O2. The molecule has 1 aromatic rings. The first-order valence-corrected chi connectivity index (χ1v) is 5.17. The SMILES string of the molecule is O=C(O)CN(CCn1ccnc1)C1CC1. The van der Waals surface area contributed by atoms with Gasteiger partial charge in [0.1, 0.15) is 0 Å². The van der Waals surface area contributed by atoms with E-state index in [9.17, 15) is 4.79 Å². The van der Waals surface area contributed by atoms with Gasteiger partial charge in [0.15, 0.2) is 0 Å². The molecule has 0 atom stereocenters. The van der Waals surface area contributed by atoms with Crippen LogP contribution in [0.25, 0.3) is 0 Å². The van der Waals surface area contributed by atoms with Gasteiger partial charge in [0.2, 0.25) is 0 Å². The zero-order chi connectivity index (χ0) is 10.7. The normalized spacial score (nSPS) is 15.8. The van der Waals surface area contributed by atoms with Crippen LogP contribution in [0.1, 0.15) is 12.8 Å².